The fourth-order valence-electron chi connectivity index (χ4n) is 2.08. The fourth-order valence-corrected chi connectivity index (χ4v) is 2.80. The van der Waals surface area contributed by atoms with Crippen LogP contribution in [0.15, 0.2) is 16.6 Å². The Morgan fingerprint density at radius 2 is 2.29 bits per heavy atom. The van der Waals surface area contributed by atoms with Gasteiger partial charge in [-0.3, -0.25) is 4.79 Å². The summed E-state index contributed by atoms with van der Waals surface area (Å²) in [7, 11) is 0. The van der Waals surface area contributed by atoms with E-state index in [9.17, 15) is 9.18 Å². The molecule has 2 rings (SSSR count). The zero-order valence-electron chi connectivity index (χ0n) is 9.34. The normalized spacial score (nSPS) is 19.8. The van der Waals surface area contributed by atoms with E-state index in [1.807, 2.05) is 6.92 Å². The maximum absolute atomic E-state index is 13.4. The van der Waals surface area contributed by atoms with Crippen LogP contribution >= 0.6 is 27.5 Å². The van der Waals surface area contributed by atoms with Gasteiger partial charge in [-0.15, -0.1) is 0 Å². The molecule has 1 aliphatic heterocycles. The molecule has 0 unspecified atom stereocenters. The maximum atomic E-state index is 13.4. The molecule has 0 bridgehead atoms. The zero-order valence-corrected chi connectivity index (χ0v) is 11.7. The van der Waals surface area contributed by atoms with Crippen LogP contribution < -0.4 is 0 Å². The van der Waals surface area contributed by atoms with Crippen molar-refractivity contribution in [2.75, 3.05) is 6.54 Å². The van der Waals surface area contributed by atoms with Gasteiger partial charge in [-0.25, -0.2) is 4.39 Å². The molecule has 1 fully saturated rings. The number of halogens is 3. The highest BCUT2D eigenvalue weighted by Crippen LogP contribution is 2.28. The molecule has 1 saturated heterocycles. The van der Waals surface area contributed by atoms with Crippen LogP contribution in [-0.4, -0.2) is 23.4 Å². The van der Waals surface area contributed by atoms with Crippen LogP contribution in [0.1, 0.15) is 30.1 Å². The van der Waals surface area contributed by atoms with E-state index in [0.29, 0.717) is 6.54 Å². The van der Waals surface area contributed by atoms with E-state index in [0.717, 1.165) is 12.8 Å². The highest BCUT2D eigenvalue weighted by molar-refractivity contribution is 9.10. The van der Waals surface area contributed by atoms with Crippen LogP contribution in [0.2, 0.25) is 5.02 Å². The van der Waals surface area contributed by atoms with Gasteiger partial charge in [0.15, 0.2) is 0 Å². The lowest BCUT2D eigenvalue weighted by Gasteiger charge is -2.22. The van der Waals surface area contributed by atoms with Gasteiger partial charge in [-0.05, 0) is 47.8 Å². The lowest BCUT2D eigenvalue weighted by molar-refractivity contribution is 0.0747. The summed E-state index contributed by atoms with van der Waals surface area (Å²) in [4.78, 5) is 13.9. The molecular formula is C12H12BrClFNO. The lowest BCUT2D eigenvalue weighted by atomic mass is 10.1. The van der Waals surface area contributed by atoms with Crippen LogP contribution in [0, 0.1) is 5.82 Å². The molecule has 92 valence electrons. The Balaban J connectivity index is 2.34. The van der Waals surface area contributed by atoms with Crippen molar-refractivity contribution in [1.82, 2.24) is 4.90 Å². The molecule has 2 nitrogen and oxygen atoms in total. The van der Waals surface area contributed by atoms with Crippen molar-refractivity contribution >= 4 is 33.4 Å². The third-order valence-corrected chi connectivity index (χ3v) is 3.97. The van der Waals surface area contributed by atoms with Gasteiger partial charge >= 0.3 is 0 Å². The molecule has 0 saturated carbocycles. The Morgan fingerprint density at radius 1 is 1.59 bits per heavy atom. The van der Waals surface area contributed by atoms with Crippen molar-refractivity contribution in [2.45, 2.75) is 25.8 Å². The van der Waals surface area contributed by atoms with Crippen LogP contribution in [0.3, 0.4) is 0 Å². The summed E-state index contributed by atoms with van der Waals surface area (Å²) >= 11 is 9.02. The summed E-state index contributed by atoms with van der Waals surface area (Å²) in [6, 6.07) is 2.82. The molecule has 1 heterocycles. The SMILES string of the molecule is C[C@H]1CCCN1C(=O)c1cc(F)c(Br)cc1Cl. The van der Waals surface area contributed by atoms with E-state index in [1.54, 1.807) is 4.90 Å². The number of rotatable bonds is 1. The average molecular weight is 321 g/mol. The molecule has 5 heteroatoms. The number of hydrogen-bond donors (Lipinski definition) is 0. The number of hydrogen-bond acceptors (Lipinski definition) is 1. The first-order valence-corrected chi connectivity index (χ1v) is 6.63. The van der Waals surface area contributed by atoms with Crippen LogP contribution in [-0.2, 0) is 0 Å². The van der Waals surface area contributed by atoms with Crippen molar-refractivity contribution in [3.63, 3.8) is 0 Å². The summed E-state index contributed by atoms with van der Waals surface area (Å²) < 4.78 is 13.7. The topological polar surface area (TPSA) is 20.3 Å². The molecule has 0 radical (unpaired) electrons. The molecule has 1 aromatic rings. The van der Waals surface area contributed by atoms with Crippen molar-refractivity contribution < 1.29 is 9.18 Å². The predicted octanol–water partition coefficient (Wildman–Crippen LogP) is 3.87. The zero-order chi connectivity index (χ0) is 12.6. The number of carbonyl (C=O) groups is 1. The molecule has 1 atom stereocenters. The van der Waals surface area contributed by atoms with Crippen LogP contribution in [0.5, 0.6) is 0 Å². The standard InChI is InChI=1S/C12H12BrClFNO/c1-7-3-2-4-16(7)12(17)8-5-11(15)9(13)6-10(8)14/h5-7H,2-4H2,1H3/t7-/m0/s1. The van der Waals surface area contributed by atoms with Gasteiger partial charge in [-0.2, -0.15) is 0 Å². The second-order valence-electron chi connectivity index (χ2n) is 4.24. The summed E-state index contributed by atoms with van der Waals surface area (Å²) in [6.45, 7) is 2.71. The Bertz CT molecular complexity index is 466. The van der Waals surface area contributed by atoms with E-state index in [-0.39, 0.29) is 27.0 Å². The quantitative estimate of drug-likeness (QED) is 0.719. The van der Waals surface area contributed by atoms with E-state index in [4.69, 9.17) is 11.6 Å². The van der Waals surface area contributed by atoms with Crippen molar-refractivity contribution in [1.29, 1.82) is 0 Å². The van der Waals surface area contributed by atoms with Gasteiger partial charge in [0.05, 0.1) is 15.1 Å². The lowest BCUT2D eigenvalue weighted by Crippen LogP contribution is -2.33. The van der Waals surface area contributed by atoms with Gasteiger partial charge < -0.3 is 4.90 Å². The number of benzene rings is 1. The minimum Gasteiger partial charge on any atom is -0.336 e. The van der Waals surface area contributed by atoms with Crippen LogP contribution in [0.4, 0.5) is 4.39 Å². The van der Waals surface area contributed by atoms with Crippen molar-refractivity contribution in [3.8, 4) is 0 Å². The molecule has 0 N–H and O–H groups in total. The smallest absolute Gasteiger partial charge is 0.255 e. The molecule has 1 aliphatic rings. The predicted molar refractivity (Wildman–Crippen MR) is 68.8 cm³/mol. The number of nitrogens with zero attached hydrogens (tertiary/aromatic N) is 1. The average Bonchev–Trinajstić information content (AvgIpc) is 2.69. The molecule has 1 amide bonds. The number of carbonyl (C=O) groups excluding carboxylic acids is 1. The van der Waals surface area contributed by atoms with Crippen molar-refractivity contribution in [3.05, 3.63) is 33.0 Å². The molecule has 1 aromatic carbocycles. The first-order chi connectivity index (χ1) is 8.00. The second kappa shape index (κ2) is 4.94. The third kappa shape index (κ3) is 2.47. The first-order valence-electron chi connectivity index (χ1n) is 5.46. The van der Waals surface area contributed by atoms with Gasteiger partial charge in [0.1, 0.15) is 5.82 Å². The van der Waals surface area contributed by atoms with Gasteiger partial charge in [0, 0.05) is 12.6 Å². The third-order valence-electron chi connectivity index (χ3n) is 3.05. The van der Waals surface area contributed by atoms with E-state index in [2.05, 4.69) is 15.9 Å². The van der Waals surface area contributed by atoms with Gasteiger partial charge in [0.25, 0.3) is 5.91 Å². The van der Waals surface area contributed by atoms with E-state index >= 15 is 0 Å². The molecular weight excluding hydrogens is 308 g/mol. The Kier molecular flexibility index (Phi) is 3.73. The maximum Gasteiger partial charge on any atom is 0.255 e. The number of amides is 1. The van der Waals surface area contributed by atoms with Gasteiger partial charge in [0.2, 0.25) is 0 Å². The van der Waals surface area contributed by atoms with E-state index in [1.165, 1.54) is 12.1 Å². The summed E-state index contributed by atoms with van der Waals surface area (Å²) in [5, 5.41) is 0.280. The fraction of sp³-hybridized carbons (Fsp3) is 0.417. The molecule has 0 aliphatic carbocycles. The monoisotopic (exact) mass is 319 g/mol. The largest absolute Gasteiger partial charge is 0.336 e. The van der Waals surface area contributed by atoms with Crippen molar-refractivity contribution in [2.24, 2.45) is 0 Å². The van der Waals surface area contributed by atoms with Crippen LogP contribution in [0.25, 0.3) is 0 Å². The molecule has 17 heavy (non-hydrogen) atoms. The minimum atomic E-state index is -0.468. The minimum absolute atomic E-state index is 0.189. The summed E-state index contributed by atoms with van der Waals surface area (Å²) in [6.07, 6.45) is 1.98. The summed E-state index contributed by atoms with van der Waals surface area (Å²) in [5.41, 5.74) is 0.237. The highest BCUT2D eigenvalue weighted by atomic mass is 79.9. The van der Waals surface area contributed by atoms with E-state index < -0.39 is 5.82 Å². The Hall–Kier alpha value is -0.610. The summed E-state index contributed by atoms with van der Waals surface area (Å²) in [5.74, 6) is -0.656. The Morgan fingerprint density at radius 3 is 2.88 bits per heavy atom. The number of likely N-dealkylation sites (tertiary alicyclic amines) is 1. The second-order valence-corrected chi connectivity index (χ2v) is 5.50. The Labute approximate surface area is 113 Å². The molecule has 0 spiro atoms. The highest BCUT2D eigenvalue weighted by Gasteiger charge is 2.27. The molecule has 0 aromatic heterocycles. The first kappa shape index (κ1) is 12.8. The van der Waals surface area contributed by atoms with Gasteiger partial charge in [-0.1, -0.05) is 11.6 Å².